The number of hydrogen-bond donors (Lipinski definition) is 0. The standard InChI is InChI=1S/C25H23N3O3S/c1-16-8-9-20-19(12-16)25(24(31)28(20)14-18-6-4-3-5-7-18)13-22(29)27(23(25)30)11-10-21-17(2)26-15-32-21/h3-9,12,15H,10-11,13-14H2,1-2H3. The van der Waals surface area contributed by atoms with Gasteiger partial charge in [0, 0.05) is 29.1 Å². The summed E-state index contributed by atoms with van der Waals surface area (Å²) in [7, 11) is 0. The lowest BCUT2D eigenvalue weighted by molar-refractivity contribution is -0.141. The fourth-order valence-corrected chi connectivity index (χ4v) is 5.50. The molecule has 2 aliphatic rings. The van der Waals surface area contributed by atoms with E-state index in [1.165, 1.54) is 16.2 Å². The Bertz CT molecular complexity index is 1240. The Kier molecular flexibility index (Phi) is 4.93. The number of likely N-dealkylation sites (tertiary alicyclic amines) is 1. The molecule has 0 radical (unpaired) electrons. The minimum Gasteiger partial charge on any atom is -0.306 e. The first kappa shape index (κ1) is 20.6. The number of imide groups is 1. The van der Waals surface area contributed by atoms with Crippen molar-refractivity contribution in [2.24, 2.45) is 0 Å². The Balaban J connectivity index is 1.51. The van der Waals surface area contributed by atoms with Crippen LogP contribution in [-0.4, -0.2) is 34.2 Å². The highest BCUT2D eigenvalue weighted by atomic mass is 32.1. The van der Waals surface area contributed by atoms with E-state index in [1.54, 1.807) is 10.4 Å². The normalized spacial score (nSPS) is 20.0. The molecule has 1 fully saturated rings. The summed E-state index contributed by atoms with van der Waals surface area (Å²) in [5, 5.41) is 0. The third-order valence-corrected chi connectivity index (χ3v) is 7.43. The van der Waals surface area contributed by atoms with Crippen LogP contribution in [0.5, 0.6) is 0 Å². The molecule has 1 aromatic heterocycles. The van der Waals surface area contributed by atoms with Crippen LogP contribution in [-0.2, 0) is 32.8 Å². The molecule has 3 amide bonds. The van der Waals surface area contributed by atoms with Crippen LogP contribution in [0.1, 0.15) is 33.7 Å². The Morgan fingerprint density at radius 3 is 2.47 bits per heavy atom. The number of thiazole rings is 1. The smallest absolute Gasteiger partial charge is 0.250 e. The van der Waals surface area contributed by atoms with Gasteiger partial charge in [0.1, 0.15) is 0 Å². The lowest BCUT2D eigenvalue weighted by atomic mass is 9.79. The monoisotopic (exact) mass is 445 g/mol. The van der Waals surface area contributed by atoms with Gasteiger partial charge >= 0.3 is 0 Å². The van der Waals surface area contributed by atoms with Crippen molar-refractivity contribution in [3.63, 3.8) is 0 Å². The molecular formula is C25H23N3O3S. The Morgan fingerprint density at radius 1 is 1.00 bits per heavy atom. The number of aromatic nitrogens is 1. The Hall–Kier alpha value is -3.32. The van der Waals surface area contributed by atoms with Crippen LogP contribution in [0, 0.1) is 13.8 Å². The summed E-state index contributed by atoms with van der Waals surface area (Å²) < 4.78 is 0. The van der Waals surface area contributed by atoms with E-state index < -0.39 is 11.3 Å². The lowest BCUT2D eigenvalue weighted by Gasteiger charge is -2.22. The van der Waals surface area contributed by atoms with Gasteiger partial charge in [-0.05, 0) is 25.5 Å². The number of fused-ring (bicyclic) bond motifs is 2. The van der Waals surface area contributed by atoms with Gasteiger partial charge in [-0.2, -0.15) is 0 Å². The maximum atomic E-state index is 13.8. The number of amides is 3. The predicted octanol–water partition coefficient (Wildman–Crippen LogP) is 3.55. The molecule has 0 saturated carbocycles. The van der Waals surface area contributed by atoms with Crippen molar-refractivity contribution in [1.29, 1.82) is 0 Å². The fourth-order valence-electron chi connectivity index (χ4n) is 4.73. The van der Waals surface area contributed by atoms with Crippen LogP contribution in [0.2, 0.25) is 0 Å². The van der Waals surface area contributed by atoms with Gasteiger partial charge in [0.05, 0.1) is 24.2 Å². The third-order valence-electron chi connectivity index (χ3n) is 6.43. The number of benzene rings is 2. The summed E-state index contributed by atoms with van der Waals surface area (Å²) in [6, 6.07) is 15.4. The molecule has 0 aliphatic carbocycles. The molecule has 1 saturated heterocycles. The summed E-state index contributed by atoms with van der Waals surface area (Å²) in [5.41, 5.74) is 4.50. The number of aryl methyl sites for hydroxylation is 2. The third kappa shape index (κ3) is 3.07. The fraction of sp³-hybridized carbons (Fsp3) is 0.280. The van der Waals surface area contributed by atoms with E-state index in [-0.39, 0.29) is 24.8 Å². The summed E-state index contributed by atoms with van der Waals surface area (Å²) in [4.78, 5) is 48.8. The molecule has 5 rings (SSSR count). The zero-order valence-electron chi connectivity index (χ0n) is 18.0. The molecule has 162 valence electrons. The number of hydrogen-bond acceptors (Lipinski definition) is 5. The maximum Gasteiger partial charge on any atom is 0.250 e. The zero-order chi connectivity index (χ0) is 22.5. The van der Waals surface area contributed by atoms with Crippen LogP contribution in [0.25, 0.3) is 0 Å². The summed E-state index contributed by atoms with van der Waals surface area (Å²) in [6.07, 6.45) is 0.431. The van der Waals surface area contributed by atoms with Crippen molar-refractivity contribution in [2.75, 3.05) is 11.4 Å². The van der Waals surface area contributed by atoms with Gasteiger partial charge < -0.3 is 4.90 Å². The lowest BCUT2D eigenvalue weighted by Crippen LogP contribution is -2.46. The number of carbonyl (C=O) groups excluding carboxylic acids is 3. The van der Waals surface area contributed by atoms with E-state index in [2.05, 4.69) is 4.98 Å². The quantitative estimate of drug-likeness (QED) is 0.445. The Morgan fingerprint density at radius 2 is 1.75 bits per heavy atom. The van der Waals surface area contributed by atoms with Crippen LogP contribution in [0.4, 0.5) is 5.69 Å². The van der Waals surface area contributed by atoms with Gasteiger partial charge in [0.2, 0.25) is 17.7 Å². The number of anilines is 1. The second kappa shape index (κ2) is 7.67. The largest absolute Gasteiger partial charge is 0.306 e. The summed E-state index contributed by atoms with van der Waals surface area (Å²) >= 11 is 1.52. The summed E-state index contributed by atoms with van der Waals surface area (Å²) in [5.74, 6) is -1.01. The van der Waals surface area contributed by atoms with E-state index in [0.717, 1.165) is 21.7 Å². The van der Waals surface area contributed by atoms with Gasteiger partial charge in [0.25, 0.3) is 0 Å². The van der Waals surface area contributed by atoms with Crippen molar-refractivity contribution < 1.29 is 14.4 Å². The molecule has 2 aromatic carbocycles. The molecule has 2 aliphatic heterocycles. The first-order valence-corrected chi connectivity index (χ1v) is 11.5. The summed E-state index contributed by atoms with van der Waals surface area (Å²) in [6.45, 7) is 4.47. The second-order valence-electron chi connectivity index (χ2n) is 8.44. The SMILES string of the molecule is Cc1ccc2c(c1)C1(CC(=O)N(CCc3scnc3C)C1=O)C(=O)N2Cc1ccccc1. The van der Waals surface area contributed by atoms with Crippen LogP contribution in [0.3, 0.4) is 0 Å². The highest BCUT2D eigenvalue weighted by Crippen LogP contribution is 2.49. The highest BCUT2D eigenvalue weighted by molar-refractivity contribution is 7.09. The van der Waals surface area contributed by atoms with E-state index in [4.69, 9.17) is 0 Å². The molecule has 7 heteroatoms. The molecule has 1 unspecified atom stereocenters. The number of rotatable bonds is 5. The van der Waals surface area contributed by atoms with Gasteiger partial charge in [0.15, 0.2) is 5.41 Å². The van der Waals surface area contributed by atoms with Crippen molar-refractivity contribution in [1.82, 2.24) is 9.88 Å². The Labute approximate surface area is 190 Å². The van der Waals surface area contributed by atoms with Crippen LogP contribution in [0.15, 0.2) is 54.0 Å². The number of carbonyl (C=O) groups is 3. The van der Waals surface area contributed by atoms with Crippen LogP contribution >= 0.6 is 11.3 Å². The van der Waals surface area contributed by atoms with Crippen LogP contribution < -0.4 is 4.90 Å². The molecule has 0 bridgehead atoms. The molecule has 32 heavy (non-hydrogen) atoms. The number of nitrogens with zero attached hydrogens (tertiary/aromatic N) is 3. The molecule has 1 atom stereocenters. The highest BCUT2D eigenvalue weighted by Gasteiger charge is 2.63. The molecule has 0 N–H and O–H groups in total. The van der Waals surface area contributed by atoms with Gasteiger partial charge in [-0.3, -0.25) is 19.3 Å². The zero-order valence-corrected chi connectivity index (χ0v) is 18.8. The van der Waals surface area contributed by atoms with Gasteiger partial charge in [-0.1, -0.05) is 48.0 Å². The van der Waals surface area contributed by atoms with E-state index in [1.807, 2.05) is 62.4 Å². The van der Waals surface area contributed by atoms with Crippen molar-refractivity contribution in [3.05, 3.63) is 81.3 Å². The predicted molar refractivity (Wildman–Crippen MR) is 122 cm³/mol. The van der Waals surface area contributed by atoms with E-state index in [0.29, 0.717) is 24.2 Å². The average molecular weight is 446 g/mol. The minimum atomic E-state index is -1.46. The first-order valence-electron chi connectivity index (χ1n) is 10.6. The van der Waals surface area contributed by atoms with Crippen molar-refractivity contribution >= 4 is 34.7 Å². The van der Waals surface area contributed by atoms with Crippen molar-refractivity contribution in [2.45, 2.75) is 38.6 Å². The molecule has 1 spiro atoms. The second-order valence-corrected chi connectivity index (χ2v) is 9.38. The van der Waals surface area contributed by atoms with E-state index >= 15 is 0 Å². The maximum absolute atomic E-state index is 13.8. The van der Waals surface area contributed by atoms with Gasteiger partial charge in [-0.15, -0.1) is 11.3 Å². The molecular weight excluding hydrogens is 422 g/mol. The topological polar surface area (TPSA) is 70.6 Å². The van der Waals surface area contributed by atoms with Crippen molar-refractivity contribution in [3.8, 4) is 0 Å². The molecule has 3 aromatic rings. The van der Waals surface area contributed by atoms with Gasteiger partial charge in [-0.25, -0.2) is 4.98 Å². The minimum absolute atomic E-state index is 0.117. The molecule has 6 nitrogen and oxygen atoms in total. The first-order chi connectivity index (χ1) is 15.4. The molecule has 3 heterocycles. The average Bonchev–Trinajstić information content (AvgIpc) is 3.37. The van der Waals surface area contributed by atoms with E-state index in [9.17, 15) is 14.4 Å².